The Labute approximate surface area is 164 Å². The Balaban J connectivity index is 2.71. The minimum Gasteiger partial charge on any atom is -0.481 e. The molecule has 0 unspecified atom stereocenters. The van der Waals surface area contributed by atoms with Crippen molar-refractivity contribution in [3.63, 3.8) is 0 Å². The van der Waals surface area contributed by atoms with Gasteiger partial charge in [-0.05, 0) is 86.1 Å². The van der Waals surface area contributed by atoms with E-state index < -0.39 is 11.9 Å². The van der Waals surface area contributed by atoms with E-state index in [2.05, 4.69) is 32.9 Å². The fourth-order valence-electron chi connectivity index (χ4n) is 3.39. The Morgan fingerprint density at radius 3 is 1.70 bits per heavy atom. The highest BCUT2D eigenvalue weighted by Crippen LogP contribution is 2.41. The topological polar surface area (TPSA) is 74.6 Å². The summed E-state index contributed by atoms with van der Waals surface area (Å²) >= 11 is 1.65. The van der Waals surface area contributed by atoms with Crippen molar-refractivity contribution in [2.75, 3.05) is 0 Å². The zero-order valence-corrected chi connectivity index (χ0v) is 17.5. The summed E-state index contributed by atoms with van der Waals surface area (Å²) in [7, 11) is 0. The second-order valence-corrected chi connectivity index (χ2v) is 8.08. The van der Waals surface area contributed by atoms with E-state index in [0.29, 0.717) is 11.1 Å². The normalized spacial score (nSPS) is 10.9. The molecule has 2 aromatic rings. The van der Waals surface area contributed by atoms with E-state index in [1.807, 2.05) is 20.8 Å². The Morgan fingerprint density at radius 1 is 0.704 bits per heavy atom. The number of hydrogen-bond acceptors (Lipinski definition) is 3. The minimum absolute atomic E-state index is 0.163. The monoisotopic (exact) mass is 386 g/mol. The zero-order chi connectivity index (χ0) is 20.5. The standard InChI is InChI=1S/C22H26O4S/c1-11-7-8-12(2)21(13(11)3)27-22-15(5)14(4)17(9-19(23)24)18(16(22)6)10-20(25)26/h7-8H,9-10H2,1-6H3,(H,23,24)(H,25,26). The summed E-state index contributed by atoms with van der Waals surface area (Å²) in [6, 6.07) is 4.20. The fraction of sp³-hybridized carbons (Fsp3) is 0.364. The van der Waals surface area contributed by atoms with Gasteiger partial charge in [-0.2, -0.15) is 0 Å². The number of hydrogen-bond donors (Lipinski definition) is 2. The molecule has 144 valence electrons. The predicted molar refractivity (Wildman–Crippen MR) is 108 cm³/mol. The van der Waals surface area contributed by atoms with Crippen molar-refractivity contribution in [3.8, 4) is 0 Å². The molecule has 0 saturated heterocycles. The zero-order valence-electron chi connectivity index (χ0n) is 16.7. The van der Waals surface area contributed by atoms with Crippen LogP contribution >= 0.6 is 11.8 Å². The molecule has 2 rings (SSSR count). The molecule has 0 spiro atoms. The number of rotatable bonds is 6. The molecule has 0 aliphatic rings. The van der Waals surface area contributed by atoms with E-state index in [1.54, 1.807) is 11.8 Å². The van der Waals surface area contributed by atoms with E-state index >= 15 is 0 Å². The summed E-state index contributed by atoms with van der Waals surface area (Å²) in [5.41, 5.74) is 7.60. The van der Waals surface area contributed by atoms with E-state index in [4.69, 9.17) is 0 Å². The molecule has 0 aliphatic heterocycles. The van der Waals surface area contributed by atoms with Gasteiger partial charge >= 0.3 is 11.9 Å². The number of aliphatic carboxylic acids is 2. The van der Waals surface area contributed by atoms with Gasteiger partial charge in [0.25, 0.3) is 0 Å². The number of aryl methyl sites for hydroxylation is 2. The van der Waals surface area contributed by atoms with Crippen molar-refractivity contribution in [1.82, 2.24) is 0 Å². The molecule has 0 aliphatic carbocycles. The van der Waals surface area contributed by atoms with Crippen LogP contribution in [0.5, 0.6) is 0 Å². The molecule has 27 heavy (non-hydrogen) atoms. The van der Waals surface area contributed by atoms with Crippen molar-refractivity contribution in [2.45, 2.75) is 64.2 Å². The second kappa shape index (κ2) is 8.17. The van der Waals surface area contributed by atoms with Crippen LogP contribution in [-0.2, 0) is 22.4 Å². The van der Waals surface area contributed by atoms with Crippen molar-refractivity contribution in [3.05, 3.63) is 56.6 Å². The SMILES string of the molecule is Cc1ccc(C)c(Sc2c(C)c(C)c(CC(=O)O)c(CC(=O)O)c2C)c1C. The number of carboxylic acid groups (broad SMARTS) is 2. The van der Waals surface area contributed by atoms with Crippen LogP contribution in [0.15, 0.2) is 21.9 Å². The van der Waals surface area contributed by atoms with Gasteiger partial charge in [-0.15, -0.1) is 0 Å². The first kappa shape index (κ1) is 21.0. The smallest absolute Gasteiger partial charge is 0.307 e. The van der Waals surface area contributed by atoms with Crippen LogP contribution in [0.1, 0.15) is 44.5 Å². The molecule has 0 aromatic heterocycles. The first-order chi connectivity index (χ1) is 12.5. The molecule has 0 saturated carbocycles. The Hall–Kier alpha value is -2.27. The summed E-state index contributed by atoms with van der Waals surface area (Å²) in [5, 5.41) is 18.6. The van der Waals surface area contributed by atoms with Gasteiger partial charge in [0.15, 0.2) is 0 Å². The summed E-state index contributed by atoms with van der Waals surface area (Å²) in [4.78, 5) is 25.0. The molecular weight excluding hydrogens is 360 g/mol. The molecule has 2 aromatic carbocycles. The van der Waals surface area contributed by atoms with Gasteiger partial charge in [-0.3, -0.25) is 9.59 Å². The quantitative estimate of drug-likeness (QED) is 0.735. The average molecular weight is 387 g/mol. The summed E-state index contributed by atoms with van der Waals surface area (Å²) < 4.78 is 0. The van der Waals surface area contributed by atoms with Gasteiger partial charge in [0.05, 0.1) is 12.8 Å². The summed E-state index contributed by atoms with van der Waals surface area (Å²) in [6.45, 7) is 12.0. The molecule has 0 radical (unpaired) electrons. The molecule has 4 nitrogen and oxygen atoms in total. The molecule has 5 heteroatoms. The second-order valence-electron chi connectivity index (χ2n) is 7.06. The number of carboxylic acids is 2. The molecule has 0 fully saturated rings. The molecule has 0 bridgehead atoms. The maximum atomic E-state index is 11.4. The largest absolute Gasteiger partial charge is 0.481 e. The lowest BCUT2D eigenvalue weighted by molar-refractivity contribution is -0.137. The van der Waals surface area contributed by atoms with Crippen LogP contribution in [0, 0.1) is 41.5 Å². The Kier molecular flexibility index (Phi) is 6.37. The molecule has 0 atom stereocenters. The van der Waals surface area contributed by atoms with Gasteiger partial charge in [-0.1, -0.05) is 23.9 Å². The van der Waals surface area contributed by atoms with Gasteiger partial charge in [-0.25, -0.2) is 0 Å². The van der Waals surface area contributed by atoms with Gasteiger partial charge in [0.2, 0.25) is 0 Å². The van der Waals surface area contributed by atoms with Crippen LogP contribution in [0.2, 0.25) is 0 Å². The lowest BCUT2D eigenvalue weighted by atomic mass is 9.89. The number of carbonyl (C=O) groups is 2. The van der Waals surface area contributed by atoms with Crippen LogP contribution in [0.4, 0.5) is 0 Å². The maximum Gasteiger partial charge on any atom is 0.307 e. The summed E-state index contributed by atoms with van der Waals surface area (Å²) in [5.74, 6) is -1.90. The van der Waals surface area contributed by atoms with Crippen LogP contribution in [-0.4, -0.2) is 22.2 Å². The minimum atomic E-state index is -0.952. The van der Waals surface area contributed by atoms with Gasteiger partial charge < -0.3 is 10.2 Å². The Morgan fingerprint density at radius 2 is 1.19 bits per heavy atom. The third-order valence-electron chi connectivity index (χ3n) is 5.25. The molecular formula is C22H26O4S. The first-order valence-corrected chi connectivity index (χ1v) is 9.66. The van der Waals surface area contributed by atoms with Crippen LogP contribution < -0.4 is 0 Å². The third kappa shape index (κ3) is 4.35. The lowest BCUT2D eigenvalue weighted by Crippen LogP contribution is -2.13. The van der Waals surface area contributed by atoms with Crippen LogP contribution in [0.25, 0.3) is 0 Å². The van der Waals surface area contributed by atoms with Crippen molar-refractivity contribution >= 4 is 23.7 Å². The molecule has 0 amide bonds. The van der Waals surface area contributed by atoms with Crippen molar-refractivity contribution < 1.29 is 19.8 Å². The molecule has 2 N–H and O–H groups in total. The molecule has 0 heterocycles. The highest BCUT2D eigenvalue weighted by molar-refractivity contribution is 7.99. The van der Waals surface area contributed by atoms with Gasteiger partial charge in [0.1, 0.15) is 0 Å². The van der Waals surface area contributed by atoms with Crippen molar-refractivity contribution in [2.24, 2.45) is 0 Å². The predicted octanol–water partition coefficient (Wildman–Crippen LogP) is 4.94. The van der Waals surface area contributed by atoms with E-state index in [9.17, 15) is 19.8 Å². The lowest BCUT2D eigenvalue weighted by Gasteiger charge is -2.22. The average Bonchev–Trinajstić information content (AvgIpc) is 2.58. The van der Waals surface area contributed by atoms with Gasteiger partial charge in [0, 0.05) is 9.79 Å². The highest BCUT2D eigenvalue weighted by Gasteiger charge is 2.22. The fourth-order valence-corrected chi connectivity index (χ4v) is 4.72. The highest BCUT2D eigenvalue weighted by atomic mass is 32.2. The van der Waals surface area contributed by atoms with E-state index in [0.717, 1.165) is 21.6 Å². The van der Waals surface area contributed by atoms with E-state index in [1.165, 1.54) is 21.6 Å². The first-order valence-electron chi connectivity index (χ1n) is 8.84. The maximum absolute atomic E-state index is 11.4. The van der Waals surface area contributed by atoms with Crippen LogP contribution in [0.3, 0.4) is 0 Å². The van der Waals surface area contributed by atoms with E-state index in [-0.39, 0.29) is 12.8 Å². The summed E-state index contributed by atoms with van der Waals surface area (Å²) in [6.07, 6.45) is -0.335. The van der Waals surface area contributed by atoms with Crippen molar-refractivity contribution in [1.29, 1.82) is 0 Å². The Bertz CT molecular complexity index is 929. The third-order valence-corrected chi connectivity index (χ3v) is 6.90. The number of benzene rings is 2.